The van der Waals surface area contributed by atoms with Gasteiger partial charge in [0.2, 0.25) is 0 Å². The van der Waals surface area contributed by atoms with Crippen LogP contribution in [-0.2, 0) is 0 Å². The molecular formula is C17H17ClFNO. The Morgan fingerprint density at radius 2 is 1.95 bits per heavy atom. The van der Waals surface area contributed by atoms with Crippen molar-refractivity contribution >= 4 is 17.5 Å². The zero-order valence-corrected chi connectivity index (χ0v) is 12.5. The molecule has 0 aliphatic carbocycles. The van der Waals surface area contributed by atoms with Gasteiger partial charge in [0, 0.05) is 11.6 Å². The number of hydrogen-bond acceptors (Lipinski definition) is 1. The summed E-state index contributed by atoms with van der Waals surface area (Å²) in [6.45, 7) is 2.59. The van der Waals surface area contributed by atoms with Crippen LogP contribution >= 0.6 is 11.6 Å². The molecule has 2 aromatic carbocycles. The van der Waals surface area contributed by atoms with Gasteiger partial charge in [-0.1, -0.05) is 48.9 Å². The predicted octanol–water partition coefficient (Wildman–Crippen LogP) is 4.40. The van der Waals surface area contributed by atoms with Crippen molar-refractivity contribution in [1.82, 2.24) is 5.32 Å². The molecule has 0 radical (unpaired) electrons. The van der Waals surface area contributed by atoms with Crippen LogP contribution < -0.4 is 5.32 Å². The maximum absolute atomic E-state index is 13.6. The number of amides is 1. The largest absolute Gasteiger partial charge is 0.352 e. The van der Waals surface area contributed by atoms with Gasteiger partial charge in [0.1, 0.15) is 5.82 Å². The number of benzene rings is 2. The summed E-state index contributed by atoms with van der Waals surface area (Å²) in [5.74, 6) is -0.668. The Kier molecular flexibility index (Phi) is 5.34. The molecule has 4 heteroatoms. The third kappa shape index (κ3) is 4.30. The topological polar surface area (TPSA) is 29.1 Å². The van der Waals surface area contributed by atoms with Gasteiger partial charge in [0.15, 0.2) is 0 Å². The van der Waals surface area contributed by atoms with Crippen LogP contribution in [0.4, 0.5) is 4.39 Å². The molecule has 110 valence electrons. The van der Waals surface area contributed by atoms with Crippen LogP contribution in [-0.4, -0.2) is 12.5 Å². The molecule has 0 saturated carbocycles. The van der Waals surface area contributed by atoms with E-state index in [9.17, 15) is 9.18 Å². The van der Waals surface area contributed by atoms with Gasteiger partial charge < -0.3 is 5.32 Å². The van der Waals surface area contributed by atoms with E-state index in [4.69, 9.17) is 11.6 Å². The molecule has 0 fully saturated rings. The molecule has 0 saturated heterocycles. The molecular weight excluding hydrogens is 289 g/mol. The predicted molar refractivity (Wildman–Crippen MR) is 83.2 cm³/mol. The molecule has 1 atom stereocenters. The number of hydrogen-bond donors (Lipinski definition) is 1. The van der Waals surface area contributed by atoms with E-state index in [1.165, 1.54) is 23.8 Å². The van der Waals surface area contributed by atoms with Crippen molar-refractivity contribution in [3.63, 3.8) is 0 Å². The number of halogens is 2. The normalized spacial score (nSPS) is 12.0. The lowest BCUT2D eigenvalue weighted by Crippen LogP contribution is -2.26. The Morgan fingerprint density at radius 3 is 2.67 bits per heavy atom. The Hall–Kier alpha value is -1.87. The fourth-order valence-corrected chi connectivity index (χ4v) is 2.29. The summed E-state index contributed by atoms with van der Waals surface area (Å²) < 4.78 is 13.6. The molecule has 0 aliphatic rings. The SMILES string of the molecule is CC(CCNC(=O)c1cc(Cl)ccc1F)c1ccccc1. The van der Waals surface area contributed by atoms with E-state index in [-0.39, 0.29) is 5.56 Å². The van der Waals surface area contributed by atoms with Crippen molar-refractivity contribution in [2.45, 2.75) is 19.3 Å². The van der Waals surface area contributed by atoms with Gasteiger partial charge in [-0.05, 0) is 36.1 Å². The van der Waals surface area contributed by atoms with E-state index in [0.717, 1.165) is 6.42 Å². The number of nitrogens with one attached hydrogen (secondary N) is 1. The standard InChI is InChI=1S/C17H17ClFNO/c1-12(13-5-3-2-4-6-13)9-10-20-17(21)15-11-14(18)7-8-16(15)19/h2-8,11-12H,9-10H2,1H3,(H,20,21). The first-order valence-electron chi connectivity index (χ1n) is 6.86. The fourth-order valence-electron chi connectivity index (χ4n) is 2.12. The van der Waals surface area contributed by atoms with Crippen molar-refractivity contribution in [1.29, 1.82) is 0 Å². The summed E-state index contributed by atoms with van der Waals surface area (Å²) in [4.78, 5) is 11.9. The van der Waals surface area contributed by atoms with Crippen LogP contribution in [0.2, 0.25) is 5.02 Å². The average molecular weight is 306 g/mol. The van der Waals surface area contributed by atoms with Gasteiger partial charge in [-0.3, -0.25) is 4.79 Å². The quantitative estimate of drug-likeness (QED) is 0.871. The van der Waals surface area contributed by atoms with Crippen molar-refractivity contribution < 1.29 is 9.18 Å². The molecule has 2 rings (SSSR count). The van der Waals surface area contributed by atoms with Crippen LogP contribution in [0.15, 0.2) is 48.5 Å². The van der Waals surface area contributed by atoms with Crippen LogP contribution in [0.1, 0.15) is 35.2 Å². The molecule has 0 heterocycles. The molecule has 21 heavy (non-hydrogen) atoms. The lowest BCUT2D eigenvalue weighted by atomic mass is 9.98. The number of carbonyl (C=O) groups excluding carboxylic acids is 1. The molecule has 1 unspecified atom stereocenters. The summed E-state index contributed by atoms with van der Waals surface area (Å²) in [6.07, 6.45) is 0.790. The first-order chi connectivity index (χ1) is 10.1. The zero-order valence-electron chi connectivity index (χ0n) is 11.8. The van der Waals surface area contributed by atoms with E-state index in [1.807, 2.05) is 18.2 Å². The highest BCUT2D eigenvalue weighted by Crippen LogP contribution is 2.18. The molecule has 1 N–H and O–H groups in total. The third-order valence-corrected chi connectivity index (χ3v) is 3.64. The monoisotopic (exact) mass is 305 g/mol. The van der Waals surface area contributed by atoms with Crippen molar-refractivity contribution in [2.24, 2.45) is 0 Å². The van der Waals surface area contributed by atoms with Crippen LogP contribution in [0.5, 0.6) is 0 Å². The highest BCUT2D eigenvalue weighted by molar-refractivity contribution is 6.30. The molecule has 1 amide bonds. The number of carbonyl (C=O) groups is 1. The maximum Gasteiger partial charge on any atom is 0.254 e. The summed E-state index contributed by atoms with van der Waals surface area (Å²) >= 11 is 5.78. The van der Waals surface area contributed by atoms with E-state index >= 15 is 0 Å². The van der Waals surface area contributed by atoms with Crippen molar-refractivity contribution in [3.05, 3.63) is 70.5 Å². The smallest absolute Gasteiger partial charge is 0.254 e. The van der Waals surface area contributed by atoms with Gasteiger partial charge in [0.25, 0.3) is 5.91 Å². The van der Waals surface area contributed by atoms with E-state index in [1.54, 1.807) is 0 Å². The van der Waals surface area contributed by atoms with Crippen LogP contribution in [0.3, 0.4) is 0 Å². The van der Waals surface area contributed by atoms with Gasteiger partial charge in [-0.2, -0.15) is 0 Å². The molecule has 0 aliphatic heterocycles. The first-order valence-corrected chi connectivity index (χ1v) is 7.24. The molecule has 2 aromatic rings. The van der Waals surface area contributed by atoms with Crippen LogP contribution in [0.25, 0.3) is 0 Å². The summed E-state index contributed by atoms with van der Waals surface area (Å²) in [7, 11) is 0. The lowest BCUT2D eigenvalue weighted by Gasteiger charge is -2.12. The summed E-state index contributed by atoms with van der Waals surface area (Å²) in [6, 6.07) is 14.0. The van der Waals surface area contributed by atoms with Crippen molar-refractivity contribution in [2.75, 3.05) is 6.54 Å². The number of rotatable bonds is 5. The molecule has 0 aromatic heterocycles. The van der Waals surface area contributed by atoms with Gasteiger partial charge >= 0.3 is 0 Å². The van der Waals surface area contributed by atoms with E-state index < -0.39 is 11.7 Å². The summed E-state index contributed by atoms with van der Waals surface area (Å²) in [5, 5.41) is 3.08. The molecule has 2 nitrogen and oxygen atoms in total. The minimum Gasteiger partial charge on any atom is -0.352 e. The highest BCUT2D eigenvalue weighted by Gasteiger charge is 2.12. The Morgan fingerprint density at radius 1 is 1.24 bits per heavy atom. The Balaban J connectivity index is 1.88. The minimum absolute atomic E-state index is 0.0186. The molecule has 0 spiro atoms. The van der Waals surface area contributed by atoms with Gasteiger partial charge in [-0.15, -0.1) is 0 Å². The Labute approximate surface area is 128 Å². The second-order valence-electron chi connectivity index (χ2n) is 4.98. The second-order valence-corrected chi connectivity index (χ2v) is 5.42. The minimum atomic E-state index is -0.562. The third-order valence-electron chi connectivity index (χ3n) is 3.40. The first kappa shape index (κ1) is 15.5. The lowest BCUT2D eigenvalue weighted by molar-refractivity contribution is 0.0948. The van der Waals surface area contributed by atoms with Gasteiger partial charge in [0.05, 0.1) is 5.56 Å². The van der Waals surface area contributed by atoms with Crippen molar-refractivity contribution in [3.8, 4) is 0 Å². The highest BCUT2D eigenvalue weighted by atomic mass is 35.5. The van der Waals surface area contributed by atoms with Gasteiger partial charge in [-0.25, -0.2) is 4.39 Å². The molecule has 0 bridgehead atoms. The average Bonchev–Trinajstić information content (AvgIpc) is 2.50. The van der Waals surface area contributed by atoms with Crippen LogP contribution in [0, 0.1) is 5.82 Å². The maximum atomic E-state index is 13.6. The fraction of sp³-hybridized carbons (Fsp3) is 0.235. The van der Waals surface area contributed by atoms with E-state index in [0.29, 0.717) is 17.5 Å². The second kappa shape index (κ2) is 7.23. The summed E-state index contributed by atoms with van der Waals surface area (Å²) in [5.41, 5.74) is 1.20. The zero-order chi connectivity index (χ0) is 15.2. The van der Waals surface area contributed by atoms with E-state index in [2.05, 4.69) is 24.4 Å². The Bertz CT molecular complexity index is 615.